The Morgan fingerprint density at radius 2 is 2.08 bits per heavy atom. The van der Waals surface area contributed by atoms with Crippen molar-refractivity contribution in [3.05, 3.63) is 64.5 Å². The van der Waals surface area contributed by atoms with E-state index in [0.717, 1.165) is 10.8 Å². The molecule has 0 bridgehead atoms. The third-order valence-electron chi connectivity index (χ3n) is 3.72. The van der Waals surface area contributed by atoms with Crippen molar-refractivity contribution in [1.29, 1.82) is 0 Å². The van der Waals surface area contributed by atoms with Crippen LogP contribution in [0.25, 0.3) is 0 Å². The SMILES string of the molecule is COc1ccc(C(=O)OC[C@@H]2C=C[C@H](n3cc(F)c(N)nc3=O)O2)cc1. The molecule has 1 aromatic carbocycles. The number of anilines is 1. The van der Waals surface area contributed by atoms with Gasteiger partial charge in [-0.15, -0.1) is 0 Å². The van der Waals surface area contributed by atoms with Crippen LogP contribution in [0.2, 0.25) is 0 Å². The molecule has 26 heavy (non-hydrogen) atoms. The molecular weight excluding hydrogens is 345 g/mol. The molecule has 8 nitrogen and oxygen atoms in total. The van der Waals surface area contributed by atoms with Crippen molar-refractivity contribution in [2.45, 2.75) is 12.3 Å². The zero-order valence-electron chi connectivity index (χ0n) is 13.8. The van der Waals surface area contributed by atoms with Gasteiger partial charge in [-0.1, -0.05) is 6.08 Å². The molecular formula is C17H16FN3O5. The quantitative estimate of drug-likeness (QED) is 0.632. The van der Waals surface area contributed by atoms with Crippen LogP contribution in [0, 0.1) is 5.82 Å². The van der Waals surface area contributed by atoms with Gasteiger partial charge in [0.05, 0.1) is 18.9 Å². The largest absolute Gasteiger partial charge is 0.497 e. The van der Waals surface area contributed by atoms with Crippen molar-refractivity contribution in [3.8, 4) is 5.75 Å². The molecule has 3 rings (SSSR count). The van der Waals surface area contributed by atoms with Gasteiger partial charge in [0.15, 0.2) is 17.9 Å². The number of nitrogen functional groups attached to an aromatic ring is 1. The van der Waals surface area contributed by atoms with Crippen LogP contribution in [-0.4, -0.2) is 35.3 Å². The minimum absolute atomic E-state index is 0.0580. The predicted molar refractivity (Wildman–Crippen MR) is 89.2 cm³/mol. The zero-order valence-corrected chi connectivity index (χ0v) is 13.8. The monoisotopic (exact) mass is 361 g/mol. The fourth-order valence-electron chi connectivity index (χ4n) is 2.35. The summed E-state index contributed by atoms with van der Waals surface area (Å²) in [6.07, 6.45) is 2.66. The Bertz CT molecular complexity index is 894. The van der Waals surface area contributed by atoms with E-state index in [4.69, 9.17) is 19.9 Å². The number of hydrogen-bond acceptors (Lipinski definition) is 7. The Morgan fingerprint density at radius 3 is 2.77 bits per heavy atom. The van der Waals surface area contributed by atoms with Gasteiger partial charge in [0.25, 0.3) is 0 Å². The van der Waals surface area contributed by atoms with Crippen LogP contribution in [0.15, 0.2) is 47.4 Å². The Hall–Kier alpha value is -3.20. The molecule has 1 aliphatic heterocycles. The van der Waals surface area contributed by atoms with E-state index in [9.17, 15) is 14.0 Å². The first-order valence-corrected chi connectivity index (χ1v) is 7.67. The molecule has 0 amide bonds. The molecule has 136 valence electrons. The predicted octanol–water partition coefficient (Wildman–Crippen LogP) is 1.28. The summed E-state index contributed by atoms with van der Waals surface area (Å²) in [5, 5.41) is 0. The van der Waals surface area contributed by atoms with E-state index < -0.39 is 35.6 Å². The summed E-state index contributed by atoms with van der Waals surface area (Å²) in [7, 11) is 1.53. The fraction of sp³-hybridized carbons (Fsp3) is 0.235. The average molecular weight is 361 g/mol. The van der Waals surface area contributed by atoms with Gasteiger partial charge in [0.2, 0.25) is 0 Å². The van der Waals surface area contributed by atoms with E-state index in [2.05, 4.69) is 4.98 Å². The summed E-state index contributed by atoms with van der Waals surface area (Å²) < 4.78 is 30.2. The molecule has 0 radical (unpaired) electrons. The molecule has 1 aliphatic rings. The second-order valence-corrected chi connectivity index (χ2v) is 5.44. The number of methoxy groups -OCH3 is 1. The summed E-state index contributed by atoms with van der Waals surface area (Å²) in [6.45, 7) is -0.0580. The number of benzene rings is 1. The highest BCUT2D eigenvalue weighted by Gasteiger charge is 2.24. The second kappa shape index (κ2) is 7.36. The molecule has 2 N–H and O–H groups in total. The van der Waals surface area contributed by atoms with E-state index >= 15 is 0 Å². The molecule has 0 aliphatic carbocycles. The minimum Gasteiger partial charge on any atom is -0.497 e. The minimum atomic E-state index is -0.852. The van der Waals surface area contributed by atoms with Gasteiger partial charge in [-0.25, -0.2) is 14.0 Å². The number of rotatable bonds is 5. The van der Waals surface area contributed by atoms with Crippen LogP contribution < -0.4 is 16.2 Å². The standard InChI is InChI=1S/C17H16FN3O5/c1-24-11-4-2-10(3-5-11)16(22)25-9-12-6-7-14(26-12)21-8-13(18)15(19)20-17(21)23/h2-8,12,14H,9H2,1H3,(H2,19,20,23)/t12-,14+/m0/s1. The van der Waals surface area contributed by atoms with Gasteiger partial charge in [0.1, 0.15) is 18.5 Å². The number of nitrogens with zero attached hydrogens (tertiary/aromatic N) is 2. The molecule has 1 aromatic heterocycles. The zero-order chi connectivity index (χ0) is 18.7. The number of aromatic nitrogens is 2. The lowest BCUT2D eigenvalue weighted by molar-refractivity contribution is -0.0225. The lowest BCUT2D eigenvalue weighted by Crippen LogP contribution is -2.29. The number of ether oxygens (including phenoxy) is 3. The van der Waals surface area contributed by atoms with E-state index in [1.807, 2.05) is 0 Å². The maximum absolute atomic E-state index is 13.5. The van der Waals surface area contributed by atoms with Gasteiger partial charge >= 0.3 is 11.7 Å². The summed E-state index contributed by atoms with van der Waals surface area (Å²) in [4.78, 5) is 27.2. The number of hydrogen-bond donors (Lipinski definition) is 1. The number of nitrogens with two attached hydrogens (primary N) is 1. The van der Waals surface area contributed by atoms with Crippen molar-refractivity contribution in [2.75, 3.05) is 19.5 Å². The Labute approximate surface area is 147 Å². The topological polar surface area (TPSA) is 106 Å². The maximum atomic E-state index is 13.5. The van der Waals surface area contributed by atoms with Crippen LogP contribution in [0.4, 0.5) is 10.2 Å². The van der Waals surface area contributed by atoms with Crippen LogP contribution in [0.5, 0.6) is 5.75 Å². The fourth-order valence-corrected chi connectivity index (χ4v) is 2.35. The third kappa shape index (κ3) is 3.72. The van der Waals surface area contributed by atoms with Crippen molar-refractivity contribution in [2.24, 2.45) is 0 Å². The first kappa shape index (κ1) is 17.6. The van der Waals surface area contributed by atoms with Crippen LogP contribution in [0.1, 0.15) is 16.6 Å². The van der Waals surface area contributed by atoms with Crippen molar-refractivity contribution in [3.63, 3.8) is 0 Å². The third-order valence-corrected chi connectivity index (χ3v) is 3.72. The first-order chi connectivity index (χ1) is 12.5. The Kier molecular flexibility index (Phi) is 4.99. The number of carbonyl (C=O) groups excluding carboxylic acids is 1. The van der Waals surface area contributed by atoms with Crippen molar-refractivity contribution in [1.82, 2.24) is 9.55 Å². The van der Waals surface area contributed by atoms with Gasteiger partial charge in [-0.3, -0.25) is 4.57 Å². The lowest BCUT2D eigenvalue weighted by Gasteiger charge is -2.16. The highest BCUT2D eigenvalue weighted by Crippen LogP contribution is 2.21. The molecule has 0 unspecified atom stereocenters. The van der Waals surface area contributed by atoms with Crippen LogP contribution >= 0.6 is 0 Å². The summed E-state index contributed by atoms with van der Waals surface area (Å²) in [5.74, 6) is -1.19. The van der Waals surface area contributed by atoms with Gasteiger partial charge in [-0.2, -0.15) is 4.98 Å². The molecule has 0 saturated heterocycles. The molecule has 2 aromatic rings. The summed E-state index contributed by atoms with van der Waals surface area (Å²) in [5.41, 5.74) is 4.87. The summed E-state index contributed by atoms with van der Waals surface area (Å²) >= 11 is 0. The molecule has 0 saturated carbocycles. The van der Waals surface area contributed by atoms with E-state index in [-0.39, 0.29) is 6.61 Å². The summed E-state index contributed by atoms with van der Waals surface area (Å²) in [6, 6.07) is 6.46. The normalized spacial score (nSPS) is 18.7. The van der Waals surface area contributed by atoms with Gasteiger partial charge in [-0.05, 0) is 30.3 Å². The number of halogens is 1. The molecule has 0 fully saturated rings. The number of carbonyl (C=O) groups is 1. The highest BCUT2D eigenvalue weighted by molar-refractivity contribution is 5.89. The lowest BCUT2D eigenvalue weighted by atomic mass is 10.2. The Morgan fingerprint density at radius 1 is 1.35 bits per heavy atom. The molecule has 2 atom stereocenters. The molecule has 0 spiro atoms. The van der Waals surface area contributed by atoms with Crippen LogP contribution in [-0.2, 0) is 9.47 Å². The first-order valence-electron chi connectivity index (χ1n) is 7.67. The molecule has 9 heteroatoms. The van der Waals surface area contributed by atoms with Crippen LogP contribution in [0.3, 0.4) is 0 Å². The maximum Gasteiger partial charge on any atom is 0.352 e. The second-order valence-electron chi connectivity index (χ2n) is 5.44. The van der Waals surface area contributed by atoms with Crippen molar-refractivity contribution >= 4 is 11.8 Å². The number of esters is 1. The smallest absolute Gasteiger partial charge is 0.352 e. The van der Waals surface area contributed by atoms with Gasteiger partial charge in [0, 0.05) is 0 Å². The van der Waals surface area contributed by atoms with E-state index in [1.54, 1.807) is 36.4 Å². The van der Waals surface area contributed by atoms with E-state index in [0.29, 0.717) is 11.3 Å². The average Bonchev–Trinajstić information content (AvgIpc) is 3.11. The highest BCUT2D eigenvalue weighted by atomic mass is 19.1. The van der Waals surface area contributed by atoms with Crippen molar-refractivity contribution < 1.29 is 23.4 Å². The Balaban J connectivity index is 1.58. The van der Waals surface area contributed by atoms with E-state index in [1.165, 1.54) is 7.11 Å². The molecule has 2 heterocycles. The van der Waals surface area contributed by atoms with Gasteiger partial charge < -0.3 is 19.9 Å².